The van der Waals surface area contributed by atoms with Crippen LogP contribution in [-0.2, 0) is 10.0 Å². The first-order chi connectivity index (χ1) is 11.3. The first-order valence-electron chi connectivity index (χ1n) is 7.19. The van der Waals surface area contributed by atoms with Gasteiger partial charge in [0.1, 0.15) is 5.82 Å². The number of hydrogen-bond acceptors (Lipinski definition) is 3. The van der Waals surface area contributed by atoms with Crippen LogP contribution in [-0.4, -0.2) is 19.3 Å². The highest BCUT2D eigenvalue weighted by molar-refractivity contribution is 7.90. The summed E-state index contributed by atoms with van der Waals surface area (Å²) in [6.07, 6.45) is 0. The molecule has 0 bridgehead atoms. The summed E-state index contributed by atoms with van der Waals surface area (Å²) in [5, 5.41) is 0.860. The minimum Gasteiger partial charge on any atom is -0.358 e. The Hall–Kier alpha value is -2.67. The van der Waals surface area contributed by atoms with Gasteiger partial charge in [0.05, 0.1) is 4.90 Å². The third-order valence-corrected chi connectivity index (χ3v) is 5.27. The molecule has 5 nitrogen and oxygen atoms in total. The van der Waals surface area contributed by atoms with Crippen LogP contribution in [0, 0.1) is 19.7 Å². The number of carbonyl (C=O) groups excluding carboxylic acids is 1. The summed E-state index contributed by atoms with van der Waals surface area (Å²) in [5.74, 6) is -1.29. The van der Waals surface area contributed by atoms with E-state index in [0.29, 0.717) is 0 Å². The van der Waals surface area contributed by atoms with Crippen LogP contribution in [0.25, 0.3) is 10.9 Å². The lowest BCUT2D eigenvalue weighted by atomic mass is 10.1. The van der Waals surface area contributed by atoms with Crippen LogP contribution in [0.3, 0.4) is 0 Å². The van der Waals surface area contributed by atoms with E-state index in [1.165, 1.54) is 0 Å². The van der Waals surface area contributed by atoms with Crippen molar-refractivity contribution in [3.8, 4) is 0 Å². The summed E-state index contributed by atoms with van der Waals surface area (Å²) in [6.45, 7) is 3.85. The number of rotatable bonds is 3. The third kappa shape index (κ3) is 2.90. The second kappa shape index (κ2) is 5.76. The molecule has 24 heavy (non-hydrogen) atoms. The van der Waals surface area contributed by atoms with Gasteiger partial charge in [0, 0.05) is 22.2 Å². The Morgan fingerprint density at radius 2 is 1.75 bits per heavy atom. The van der Waals surface area contributed by atoms with Gasteiger partial charge in [-0.25, -0.2) is 17.5 Å². The molecule has 124 valence electrons. The first kappa shape index (κ1) is 16.2. The number of H-pyrrole nitrogens is 1. The van der Waals surface area contributed by atoms with E-state index < -0.39 is 21.7 Å². The van der Waals surface area contributed by atoms with Gasteiger partial charge in [-0.1, -0.05) is 0 Å². The summed E-state index contributed by atoms with van der Waals surface area (Å²) >= 11 is 0. The molecule has 0 saturated heterocycles. The summed E-state index contributed by atoms with van der Waals surface area (Å²) in [7, 11) is -4.06. The van der Waals surface area contributed by atoms with E-state index in [4.69, 9.17) is 0 Å². The van der Waals surface area contributed by atoms with Crippen LogP contribution in [0.5, 0.6) is 0 Å². The number of hydrogen-bond donors (Lipinski definition) is 2. The zero-order valence-electron chi connectivity index (χ0n) is 13.1. The van der Waals surface area contributed by atoms with Crippen LogP contribution in [0.15, 0.2) is 47.4 Å². The van der Waals surface area contributed by atoms with E-state index >= 15 is 0 Å². The van der Waals surface area contributed by atoms with E-state index in [1.54, 1.807) is 18.2 Å². The Kier molecular flexibility index (Phi) is 3.88. The van der Waals surface area contributed by atoms with Crippen LogP contribution in [0.2, 0.25) is 0 Å². The van der Waals surface area contributed by atoms with Crippen molar-refractivity contribution in [1.29, 1.82) is 0 Å². The number of aromatic nitrogens is 1. The van der Waals surface area contributed by atoms with Gasteiger partial charge in [-0.15, -0.1) is 0 Å². The van der Waals surface area contributed by atoms with Crippen molar-refractivity contribution in [3.63, 3.8) is 0 Å². The fraction of sp³-hybridized carbons (Fsp3) is 0.118. The predicted octanol–water partition coefficient (Wildman–Crippen LogP) is 3.04. The van der Waals surface area contributed by atoms with Crippen molar-refractivity contribution in [2.24, 2.45) is 0 Å². The van der Waals surface area contributed by atoms with Crippen LogP contribution in [0.4, 0.5) is 4.39 Å². The summed E-state index contributed by atoms with van der Waals surface area (Å²) in [6, 6.07) is 9.18. The van der Waals surface area contributed by atoms with Gasteiger partial charge in [-0.3, -0.25) is 4.79 Å². The van der Waals surface area contributed by atoms with E-state index in [2.05, 4.69) is 4.98 Å². The van der Waals surface area contributed by atoms with Gasteiger partial charge in [0.25, 0.3) is 15.9 Å². The number of aryl methyl sites for hydroxylation is 2. The quantitative estimate of drug-likeness (QED) is 0.765. The lowest BCUT2D eigenvalue weighted by Gasteiger charge is -2.07. The molecule has 0 fully saturated rings. The highest BCUT2D eigenvalue weighted by Crippen LogP contribution is 2.22. The fourth-order valence-corrected chi connectivity index (χ4v) is 3.43. The lowest BCUT2D eigenvalue weighted by molar-refractivity contribution is 0.0981. The molecule has 0 saturated carbocycles. The third-order valence-electron chi connectivity index (χ3n) is 3.92. The molecule has 3 aromatic rings. The largest absolute Gasteiger partial charge is 0.358 e. The normalized spacial score (nSPS) is 11.6. The number of amides is 1. The predicted molar refractivity (Wildman–Crippen MR) is 88.8 cm³/mol. The maximum atomic E-state index is 12.9. The first-order valence-corrected chi connectivity index (χ1v) is 8.68. The molecule has 0 aliphatic rings. The molecule has 0 spiro atoms. The molecule has 1 aromatic heterocycles. The molecule has 7 heteroatoms. The minimum absolute atomic E-state index is 0.174. The molecular formula is C17H15FN2O3S. The molecule has 0 aliphatic carbocycles. The van der Waals surface area contributed by atoms with Crippen molar-refractivity contribution in [2.75, 3.05) is 0 Å². The smallest absolute Gasteiger partial charge is 0.265 e. The van der Waals surface area contributed by atoms with Gasteiger partial charge in [0.2, 0.25) is 0 Å². The van der Waals surface area contributed by atoms with Gasteiger partial charge in [-0.05, 0) is 61.9 Å². The summed E-state index contributed by atoms with van der Waals surface area (Å²) in [4.78, 5) is 15.3. The molecule has 0 aliphatic heterocycles. The van der Waals surface area contributed by atoms with Crippen molar-refractivity contribution in [2.45, 2.75) is 18.7 Å². The van der Waals surface area contributed by atoms with Gasteiger partial charge in [-0.2, -0.15) is 0 Å². The molecule has 1 amide bonds. The van der Waals surface area contributed by atoms with Gasteiger partial charge < -0.3 is 4.98 Å². The Balaban J connectivity index is 1.91. The molecule has 0 unspecified atom stereocenters. The molecule has 1 heterocycles. The number of nitrogens with one attached hydrogen (secondary N) is 2. The van der Waals surface area contributed by atoms with E-state index in [0.717, 1.165) is 46.4 Å². The average molecular weight is 346 g/mol. The van der Waals surface area contributed by atoms with Crippen LogP contribution < -0.4 is 4.72 Å². The second-order valence-electron chi connectivity index (χ2n) is 5.52. The number of halogens is 1. The number of benzene rings is 2. The number of sulfonamides is 1. The Morgan fingerprint density at radius 3 is 2.42 bits per heavy atom. The van der Waals surface area contributed by atoms with E-state index in [1.807, 2.05) is 18.6 Å². The van der Waals surface area contributed by atoms with E-state index in [-0.39, 0.29) is 10.5 Å². The van der Waals surface area contributed by atoms with E-state index in [9.17, 15) is 17.6 Å². The number of fused-ring (bicyclic) bond motifs is 1. The summed E-state index contributed by atoms with van der Waals surface area (Å²) in [5.41, 5.74) is 3.10. The Morgan fingerprint density at radius 1 is 1.08 bits per heavy atom. The summed E-state index contributed by atoms with van der Waals surface area (Å²) < 4.78 is 39.3. The Labute approximate surface area is 138 Å². The van der Waals surface area contributed by atoms with Crippen molar-refractivity contribution in [3.05, 3.63) is 65.1 Å². The molecule has 0 atom stereocenters. The molecule has 2 aromatic carbocycles. The fourth-order valence-electron chi connectivity index (χ4n) is 2.46. The monoisotopic (exact) mass is 346 g/mol. The zero-order valence-corrected chi connectivity index (χ0v) is 13.9. The van der Waals surface area contributed by atoms with Crippen molar-refractivity contribution < 1.29 is 17.6 Å². The Bertz CT molecular complexity index is 1040. The maximum absolute atomic E-state index is 12.9. The highest BCUT2D eigenvalue weighted by atomic mass is 32.2. The highest BCUT2D eigenvalue weighted by Gasteiger charge is 2.19. The SMILES string of the molecule is Cc1[nH]c2ccc(C(=O)NS(=O)(=O)c3ccc(F)cc3)cc2c1C. The van der Waals surface area contributed by atoms with Gasteiger partial charge >= 0.3 is 0 Å². The minimum atomic E-state index is -4.06. The number of aromatic amines is 1. The van der Waals surface area contributed by atoms with Crippen molar-refractivity contribution in [1.82, 2.24) is 9.71 Å². The molecule has 0 radical (unpaired) electrons. The second-order valence-corrected chi connectivity index (χ2v) is 7.21. The van der Waals surface area contributed by atoms with Crippen LogP contribution >= 0.6 is 0 Å². The zero-order chi connectivity index (χ0) is 17.5. The topological polar surface area (TPSA) is 79.0 Å². The molecular weight excluding hydrogens is 331 g/mol. The van der Waals surface area contributed by atoms with Crippen molar-refractivity contribution >= 4 is 26.8 Å². The number of carbonyl (C=O) groups is 1. The van der Waals surface area contributed by atoms with Crippen LogP contribution in [0.1, 0.15) is 21.6 Å². The molecule has 3 rings (SSSR count). The molecule has 2 N–H and O–H groups in total. The standard InChI is InChI=1S/C17H15FN2O3S/c1-10-11(2)19-16-8-3-12(9-15(10)16)17(21)20-24(22,23)14-6-4-13(18)5-7-14/h3-9,19H,1-2H3,(H,20,21). The average Bonchev–Trinajstić information content (AvgIpc) is 2.81. The lowest BCUT2D eigenvalue weighted by Crippen LogP contribution is -2.30. The maximum Gasteiger partial charge on any atom is 0.265 e. The van der Waals surface area contributed by atoms with Gasteiger partial charge in [0.15, 0.2) is 0 Å².